The minimum absolute atomic E-state index is 0.154. The standard InChI is InChI=1S/C18H17ClN2O5S/c1-27(24,25)21-8-2-3-12-9-13(4-5-15(12)21)16(22)11-26-18(23)14-6-7-20-17(19)10-14/h4-7,9-10H,2-3,8,11H2,1H3. The Morgan fingerprint density at radius 1 is 1.22 bits per heavy atom. The van der Waals surface area contributed by atoms with Gasteiger partial charge in [0.1, 0.15) is 5.15 Å². The van der Waals surface area contributed by atoms with E-state index in [-0.39, 0.29) is 16.5 Å². The molecule has 9 heteroatoms. The summed E-state index contributed by atoms with van der Waals surface area (Å²) >= 11 is 5.73. The number of Topliss-reactive ketones (excluding diaryl/α,β-unsaturated/α-hetero) is 1. The third-order valence-corrected chi connectivity index (χ3v) is 5.56. The Morgan fingerprint density at radius 2 is 2.00 bits per heavy atom. The van der Waals surface area contributed by atoms with Gasteiger partial charge < -0.3 is 4.74 Å². The molecular formula is C18H17ClN2O5S. The molecule has 3 rings (SSSR count). The largest absolute Gasteiger partial charge is 0.454 e. The number of carbonyl (C=O) groups excluding carboxylic acids is 2. The Hall–Kier alpha value is -2.45. The van der Waals surface area contributed by atoms with Crippen LogP contribution in [-0.4, -0.2) is 44.6 Å². The number of rotatable bonds is 5. The van der Waals surface area contributed by atoms with Gasteiger partial charge in [-0.3, -0.25) is 9.10 Å². The zero-order valence-corrected chi connectivity index (χ0v) is 16.1. The van der Waals surface area contributed by atoms with Crippen molar-refractivity contribution >= 4 is 39.1 Å². The van der Waals surface area contributed by atoms with E-state index in [1.54, 1.807) is 18.2 Å². The van der Waals surface area contributed by atoms with E-state index < -0.39 is 22.6 Å². The summed E-state index contributed by atoms with van der Waals surface area (Å²) in [6.45, 7) is -0.00140. The van der Waals surface area contributed by atoms with Crippen molar-refractivity contribution in [1.82, 2.24) is 4.98 Å². The predicted molar refractivity (Wildman–Crippen MR) is 101 cm³/mol. The molecule has 0 amide bonds. The zero-order chi connectivity index (χ0) is 19.6. The van der Waals surface area contributed by atoms with Crippen LogP contribution in [0.1, 0.15) is 32.7 Å². The number of hydrogen-bond donors (Lipinski definition) is 0. The van der Waals surface area contributed by atoms with E-state index >= 15 is 0 Å². The van der Waals surface area contributed by atoms with Gasteiger partial charge >= 0.3 is 5.97 Å². The molecule has 0 atom stereocenters. The lowest BCUT2D eigenvalue weighted by molar-refractivity contribution is 0.0474. The van der Waals surface area contributed by atoms with E-state index in [2.05, 4.69) is 4.98 Å². The number of aryl methyl sites for hydroxylation is 1. The first kappa shape index (κ1) is 19.3. The van der Waals surface area contributed by atoms with Gasteiger partial charge in [-0.05, 0) is 48.7 Å². The molecule has 0 fully saturated rings. The fourth-order valence-corrected chi connectivity index (χ4v) is 4.08. The molecule has 1 aromatic carbocycles. The van der Waals surface area contributed by atoms with E-state index in [1.165, 1.54) is 22.6 Å². The van der Waals surface area contributed by atoms with Gasteiger partial charge in [0.2, 0.25) is 10.0 Å². The van der Waals surface area contributed by atoms with E-state index in [9.17, 15) is 18.0 Å². The Bertz CT molecular complexity index is 1010. The van der Waals surface area contributed by atoms with Crippen molar-refractivity contribution in [1.29, 1.82) is 0 Å². The van der Waals surface area contributed by atoms with Crippen molar-refractivity contribution in [3.63, 3.8) is 0 Å². The lowest BCUT2D eigenvalue weighted by Gasteiger charge is -2.29. The van der Waals surface area contributed by atoms with Crippen molar-refractivity contribution in [2.45, 2.75) is 12.8 Å². The van der Waals surface area contributed by atoms with Crippen molar-refractivity contribution in [2.24, 2.45) is 0 Å². The van der Waals surface area contributed by atoms with Crippen LogP contribution in [0.15, 0.2) is 36.5 Å². The summed E-state index contributed by atoms with van der Waals surface area (Å²) in [5.41, 5.74) is 1.94. The van der Waals surface area contributed by atoms with Crippen molar-refractivity contribution in [2.75, 3.05) is 23.7 Å². The number of aromatic nitrogens is 1. The molecule has 0 saturated heterocycles. The van der Waals surface area contributed by atoms with Crippen molar-refractivity contribution in [3.8, 4) is 0 Å². The first-order valence-corrected chi connectivity index (χ1v) is 10.4. The van der Waals surface area contributed by atoms with Crippen LogP contribution in [0.3, 0.4) is 0 Å². The summed E-state index contributed by atoms with van der Waals surface area (Å²) in [6, 6.07) is 7.62. The zero-order valence-electron chi connectivity index (χ0n) is 14.5. The molecule has 7 nitrogen and oxygen atoms in total. The topological polar surface area (TPSA) is 93.6 Å². The maximum absolute atomic E-state index is 12.4. The lowest BCUT2D eigenvalue weighted by atomic mass is 9.99. The molecule has 0 N–H and O–H groups in total. The number of hydrogen-bond acceptors (Lipinski definition) is 6. The van der Waals surface area contributed by atoms with Gasteiger partial charge in [0.25, 0.3) is 0 Å². The number of anilines is 1. The second kappa shape index (κ2) is 7.66. The molecule has 0 unspecified atom stereocenters. The van der Waals surface area contributed by atoms with E-state index in [4.69, 9.17) is 16.3 Å². The van der Waals surface area contributed by atoms with Crippen molar-refractivity contribution < 1.29 is 22.7 Å². The van der Waals surface area contributed by atoms with E-state index in [1.807, 2.05) is 0 Å². The minimum atomic E-state index is -3.36. The normalized spacial score (nSPS) is 13.8. The van der Waals surface area contributed by atoms with Crippen molar-refractivity contribution in [3.05, 3.63) is 58.4 Å². The highest BCUT2D eigenvalue weighted by Gasteiger charge is 2.25. The van der Waals surface area contributed by atoms with Gasteiger partial charge in [-0.15, -0.1) is 0 Å². The maximum atomic E-state index is 12.4. The Morgan fingerprint density at radius 3 is 2.70 bits per heavy atom. The number of esters is 1. The van der Waals surface area contributed by atoms with Crippen LogP contribution in [0.2, 0.25) is 5.15 Å². The molecule has 142 valence electrons. The van der Waals surface area contributed by atoms with Gasteiger partial charge in [-0.25, -0.2) is 18.2 Å². The van der Waals surface area contributed by atoms with Gasteiger partial charge in [0.05, 0.1) is 17.5 Å². The molecule has 0 bridgehead atoms. The number of halogens is 1. The van der Waals surface area contributed by atoms with Crippen LogP contribution in [-0.2, 0) is 21.2 Å². The number of pyridine rings is 1. The molecule has 2 heterocycles. The van der Waals surface area contributed by atoms with Crippen LogP contribution in [0, 0.1) is 0 Å². The minimum Gasteiger partial charge on any atom is -0.454 e. The second-order valence-electron chi connectivity index (χ2n) is 6.15. The molecule has 1 aromatic heterocycles. The Labute approximate surface area is 162 Å². The highest BCUT2D eigenvalue weighted by Crippen LogP contribution is 2.30. The van der Waals surface area contributed by atoms with Crippen LogP contribution in [0.25, 0.3) is 0 Å². The van der Waals surface area contributed by atoms with Gasteiger partial charge in [0.15, 0.2) is 12.4 Å². The van der Waals surface area contributed by atoms with Crippen LogP contribution in [0.5, 0.6) is 0 Å². The summed E-state index contributed by atoms with van der Waals surface area (Å²) in [5.74, 6) is -1.04. The molecular weight excluding hydrogens is 392 g/mol. The average molecular weight is 409 g/mol. The molecule has 1 aliphatic heterocycles. The number of ether oxygens (including phenoxy) is 1. The molecule has 0 radical (unpaired) electrons. The molecule has 0 saturated carbocycles. The molecule has 2 aromatic rings. The summed E-state index contributed by atoms with van der Waals surface area (Å²) in [4.78, 5) is 28.1. The average Bonchev–Trinajstić information content (AvgIpc) is 2.64. The number of nitrogens with zero attached hydrogens (tertiary/aromatic N) is 2. The summed E-state index contributed by atoms with van der Waals surface area (Å²) in [6.07, 6.45) is 3.89. The van der Waals surface area contributed by atoms with Gasteiger partial charge in [0, 0.05) is 18.3 Å². The number of benzene rings is 1. The quantitative estimate of drug-likeness (QED) is 0.428. The lowest BCUT2D eigenvalue weighted by Crippen LogP contribution is -2.34. The van der Waals surface area contributed by atoms with Crippen LogP contribution < -0.4 is 4.31 Å². The summed E-state index contributed by atoms with van der Waals surface area (Å²) in [7, 11) is -3.36. The highest BCUT2D eigenvalue weighted by atomic mass is 35.5. The monoisotopic (exact) mass is 408 g/mol. The number of sulfonamides is 1. The van der Waals surface area contributed by atoms with E-state index in [0.29, 0.717) is 30.6 Å². The third-order valence-electron chi connectivity index (χ3n) is 4.17. The number of carbonyl (C=O) groups is 2. The van der Waals surface area contributed by atoms with E-state index in [0.717, 1.165) is 11.8 Å². The van der Waals surface area contributed by atoms with Gasteiger partial charge in [-0.1, -0.05) is 11.6 Å². The first-order valence-electron chi connectivity index (χ1n) is 8.18. The second-order valence-corrected chi connectivity index (χ2v) is 8.44. The highest BCUT2D eigenvalue weighted by molar-refractivity contribution is 7.92. The SMILES string of the molecule is CS(=O)(=O)N1CCCc2cc(C(=O)COC(=O)c3ccnc(Cl)c3)ccc21. The Balaban J connectivity index is 1.72. The molecule has 0 aliphatic carbocycles. The maximum Gasteiger partial charge on any atom is 0.338 e. The Kier molecular flexibility index (Phi) is 5.48. The summed E-state index contributed by atoms with van der Waals surface area (Å²) in [5, 5.41) is 0.154. The number of ketones is 1. The summed E-state index contributed by atoms with van der Waals surface area (Å²) < 4.78 is 30.2. The third kappa shape index (κ3) is 4.45. The fourth-order valence-electron chi connectivity index (χ4n) is 2.91. The number of fused-ring (bicyclic) bond motifs is 1. The van der Waals surface area contributed by atoms with Crippen LogP contribution >= 0.6 is 11.6 Å². The predicted octanol–water partition coefficient (Wildman–Crippen LogP) is 2.49. The molecule has 27 heavy (non-hydrogen) atoms. The molecule has 0 spiro atoms. The van der Waals surface area contributed by atoms with Gasteiger partial charge in [-0.2, -0.15) is 0 Å². The smallest absolute Gasteiger partial charge is 0.338 e. The van der Waals surface area contributed by atoms with Crippen LogP contribution in [0.4, 0.5) is 5.69 Å². The fraction of sp³-hybridized carbons (Fsp3) is 0.278. The first-order chi connectivity index (χ1) is 12.8. The molecule has 1 aliphatic rings.